The number of halogens is 3. The van der Waals surface area contributed by atoms with E-state index in [2.05, 4.69) is 16.0 Å². The maximum Gasteiger partial charge on any atom is 0.416 e. The van der Waals surface area contributed by atoms with Gasteiger partial charge in [0.15, 0.2) is 0 Å². The smallest absolute Gasteiger partial charge is 0.416 e. The number of methoxy groups -OCH3 is 1. The summed E-state index contributed by atoms with van der Waals surface area (Å²) in [6.07, 6.45) is -2.97. The first-order chi connectivity index (χ1) is 21.0. The third-order valence-corrected chi connectivity index (χ3v) is 7.32. The number of carbonyl (C=O) groups is 3. The van der Waals surface area contributed by atoms with Crippen molar-refractivity contribution in [3.63, 3.8) is 0 Å². The molecule has 7 nitrogen and oxygen atoms in total. The third kappa shape index (κ3) is 8.98. The molecule has 0 saturated heterocycles. The number of nitrogens with one attached hydrogen (secondary N) is 3. The number of amides is 3. The molecule has 0 radical (unpaired) electrons. The number of thioether (sulfide) groups is 1. The molecule has 226 valence electrons. The molecule has 0 aliphatic heterocycles. The number of benzene rings is 4. The molecule has 0 heterocycles. The van der Waals surface area contributed by atoms with Crippen LogP contribution in [0.5, 0.6) is 5.75 Å². The van der Waals surface area contributed by atoms with Crippen LogP contribution >= 0.6 is 11.8 Å². The lowest BCUT2D eigenvalue weighted by atomic mass is 10.1. The summed E-state index contributed by atoms with van der Waals surface area (Å²) >= 11 is 1.20. The Labute approximate surface area is 256 Å². The Morgan fingerprint density at radius 2 is 1.50 bits per heavy atom. The number of carbonyl (C=O) groups excluding carboxylic acids is 3. The topological polar surface area (TPSA) is 96.5 Å². The summed E-state index contributed by atoms with van der Waals surface area (Å²) in [5.41, 5.74) is 0.697. The Balaban J connectivity index is 1.42. The van der Waals surface area contributed by atoms with Gasteiger partial charge in [0.25, 0.3) is 11.8 Å². The van der Waals surface area contributed by atoms with Gasteiger partial charge in [-0.05, 0) is 85.3 Å². The molecular weight excluding hydrogens is 591 g/mol. The van der Waals surface area contributed by atoms with E-state index in [0.29, 0.717) is 27.5 Å². The fourth-order valence-electron chi connectivity index (χ4n) is 3.90. The number of rotatable bonds is 10. The molecule has 11 heteroatoms. The van der Waals surface area contributed by atoms with Crippen molar-refractivity contribution >= 4 is 46.9 Å². The highest BCUT2D eigenvalue weighted by atomic mass is 32.2. The van der Waals surface area contributed by atoms with Crippen LogP contribution in [0.2, 0.25) is 0 Å². The number of hydrogen-bond donors (Lipinski definition) is 3. The summed E-state index contributed by atoms with van der Waals surface area (Å²) in [5.74, 6) is -0.833. The minimum atomic E-state index is -4.52. The van der Waals surface area contributed by atoms with E-state index >= 15 is 0 Å². The molecule has 0 spiro atoms. The molecule has 3 amide bonds. The quantitative estimate of drug-likeness (QED) is 0.128. The van der Waals surface area contributed by atoms with Crippen LogP contribution in [0, 0.1) is 0 Å². The SMILES string of the molecule is COc1ccc(/C=C(\NC(=O)c2ccccc2)C(=O)Nc2ccc(SC(C)C(=O)Nc3cccc(C(F)(F)F)c3)cc2)cc1. The lowest BCUT2D eigenvalue weighted by Crippen LogP contribution is -2.30. The van der Waals surface area contributed by atoms with E-state index in [9.17, 15) is 27.6 Å². The van der Waals surface area contributed by atoms with Gasteiger partial charge in [0.2, 0.25) is 5.91 Å². The molecular formula is C33H28F3N3O4S. The molecule has 0 fully saturated rings. The van der Waals surface area contributed by atoms with Crippen molar-refractivity contribution < 1.29 is 32.3 Å². The molecule has 3 N–H and O–H groups in total. The lowest BCUT2D eigenvalue weighted by molar-refractivity contribution is -0.137. The maximum absolute atomic E-state index is 13.3. The van der Waals surface area contributed by atoms with Crippen molar-refractivity contribution in [1.82, 2.24) is 5.32 Å². The van der Waals surface area contributed by atoms with Crippen LogP contribution in [0.3, 0.4) is 0 Å². The number of anilines is 2. The Kier molecular flexibility index (Phi) is 10.5. The first-order valence-corrected chi connectivity index (χ1v) is 14.2. The van der Waals surface area contributed by atoms with E-state index in [1.807, 2.05) is 0 Å². The Bertz CT molecular complexity index is 1640. The van der Waals surface area contributed by atoms with Crippen LogP contribution in [0.25, 0.3) is 6.08 Å². The summed E-state index contributed by atoms with van der Waals surface area (Å²) in [7, 11) is 1.55. The van der Waals surface area contributed by atoms with Crippen molar-refractivity contribution in [2.45, 2.75) is 23.2 Å². The van der Waals surface area contributed by atoms with Crippen molar-refractivity contribution in [3.8, 4) is 5.75 Å². The predicted octanol–water partition coefficient (Wildman–Crippen LogP) is 7.24. The minimum Gasteiger partial charge on any atom is -0.497 e. The largest absolute Gasteiger partial charge is 0.497 e. The van der Waals surface area contributed by atoms with Gasteiger partial charge in [-0.25, -0.2) is 0 Å². The van der Waals surface area contributed by atoms with Gasteiger partial charge in [-0.1, -0.05) is 36.4 Å². The van der Waals surface area contributed by atoms with E-state index < -0.39 is 34.7 Å². The standard InChI is InChI=1S/C33H28F3N3O4S/c1-21(30(40)38-26-10-6-9-24(20-26)33(34,35)36)44-28-17-13-25(14-18-28)37-32(42)29(19-22-11-15-27(43-2)16-12-22)39-31(41)23-7-4-3-5-8-23/h3-21H,1-2H3,(H,37,42)(H,38,40)(H,39,41)/b29-19-. The van der Waals surface area contributed by atoms with Crippen LogP contribution in [-0.4, -0.2) is 30.1 Å². The number of hydrogen-bond acceptors (Lipinski definition) is 5. The fourth-order valence-corrected chi connectivity index (χ4v) is 4.77. The van der Waals surface area contributed by atoms with Crippen molar-refractivity contribution in [2.75, 3.05) is 17.7 Å². The molecule has 4 aromatic carbocycles. The molecule has 1 unspecified atom stereocenters. The Morgan fingerprint density at radius 1 is 0.818 bits per heavy atom. The van der Waals surface area contributed by atoms with Gasteiger partial charge < -0.3 is 20.7 Å². The zero-order valence-electron chi connectivity index (χ0n) is 23.6. The van der Waals surface area contributed by atoms with Crippen molar-refractivity contribution in [2.24, 2.45) is 0 Å². The number of alkyl halides is 3. The molecule has 0 aliphatic carbocycles. The fraction of sp³-hybridized carbons (Fsp3) is 0.121. The second-order valence-electron chi connectivity index (χ2n) is 9.46. The van der Waals surface area contributed by atoms with E-state index in [1.165, 1.54) is 23.9 Å². The number of ether oxygens (including phenoxy) is 1. The third-order valence-electron chi connectivity index (χ3n) is 6.21. The molecule has 44 heavy (non-hydrogen) atoms. The van der Waals surface area contributed by atoms with Gasteiger partial charge in [-0.15, -0.1) is 11.8 Å². The van der Waals surface area contributed by atoms with Gasteiger partial charge in [0.1, 0.15) is 11.4 Å². The van der Waals surface area contributed by atoms with Crippen LogP contribution < -0.4 is 20.7 Å². The summed E-state index contributed by atoms with van der Waals surface area (Å²) in [6, 6.07) is 26.6. The average Bonchev–Trinajstić information content (AvgIpc) is 3.02. The normalized spacial score (nSPS) is 12.2. The van der Waals surface area contributed by atoms with Crippen LogP contribution in [0.4, 0.5) is 24.5 Å². The maximum atomic E-state index is 13.3. The van der Waals surface area contributed by atoms with Crippen LogP contribution in [-0.2, 0) is 15.8 Å². The molecule has 4 rings (SSSR count). The van der Waals surface area contributed by atoms with Gasteiger partial charge in [-0.2, -0.15) is 13.2 Å². The summed E-state index contributed by atoms with van der Waals surface area (Å²) in [6.45, 7) is 1.63. The zero-order chi connectivity index (χ0) is 31.7. The Hall–Kier alpha value is -5.03. The molecule has 4 aromatic rings. The van der Waals surface area contributed by atoms with Crippen molar-refractivity contribution in [1.29, 1.82) is 0 Å². The highest BCUT2D eigenvalue weighted by molar-refractivity contribution is 8.00. The molecule has 1 atom stereocenters. The highest BCUT2D eigenvalue weighted by Crippen LogP contribution is 2.31. The van der Waals surface area contributed by atoms with E-state index in [-0.39, 0.29) is 11.4 Å². The van der Waals surface area contributed by atoms with Crippen molar-refractivity contribution in [3.05, 3.63) is 126 Å². The predicted molar refractivity (Wildman–Crippen MR) is 165 cm³/mol. The van der Waals surface area contributed by atoms with Gasteiger partial charge in [0, 0.05) is 21.8 Å². The monoisotopic (exact) mass is 619 g/mol. The van der Waals surface area contributed by atoms with E-state index in [4.69, 9.17) is 4.74 Å². The van der Waals surface area contributed by atoms with E-state index in [1.54, 1.807) is 99.0 Å². The highest BCUT2D eigenvalue weighted by Gasteiger charge is 2.30. The second-order valence-corrected chi connectivity index (χ2v) is 10.9. The first-order valence-electron chi connectivity index (χ1n) is 13.3. The van der Waals surface area contributed by atoms with Crippen LogP contribution in [0.15, 0.2) is 114 Å². The molecule has 0 saturated carbocycles. The minimum absolute atomic E-state index is 0.0161. The zero-order valence-corrected chi connectivity index (χ0v) is 24.5. The average molecular weight is 620 g/mol. The van der Waals surface area contributed by atoms with Gasteiger partial charge >= 0.3 is 6.18 Å². The second kappa shape index (κ2) is 14.4. The van der Waals surface area contributed by atoms with Crippen LogP contribution in [0.1, 0.15) is 28.4 Å². The Morgan fingerprint density at radius 3 is 2.14 bits per heavy atom. The summed E-state index contributed by atoms with van der Waals surface area (Å²) < 4.78 is 44.1. The lowest BCUT2D eigenvalue weighted by Gasteiger charge is -2.14. The molecule has 0 aromatic heterocycles. The van der Waals surface area contributed by atoms with Gasteiger partial charge in [-0.3, -0.25) is 14.4 Å². The van der Waals surface area contributed by atoms with E-state index in [0.717, 1.165) is 12.1 Å². The first kappa shape index (κ1) is 31.9. The van der Waals surface area contributed by atoms with Gasteiger partial charge in [0.05, 0.1) is 17.9 Å². The molecule has 0 bridgehead atoms. The molecule has 0 aliphatic rings. The summed E-state index contributed by atoms with van der Waals surface area (Å²) in [4.78, 5) is 39.4. The summed E-state index contributed by atoms with van der Waals surface area (Å²) in [5, 5.41) is 7.33.